The van der Waals surface area contributed by atoms with E-state index in [2.05, 4.69) is 5.10 Å². The maximum atomic E-state index is 13.2. The van der Waals surface area contributed by atoms with Gasteiger partial charge in [-0.1, -0.05) is 0 Å². The molecule has 1 amide bonds. The molecule has 0 N–H and O–H groups in total. The van der Waals surface area contributed by atoms with Crippen LogP contribution in [0.4, 0.5) is 0 Å². The normalized spacial score (nSPS) is 19.0. The smallest absolute Gasteiger partial charge is 0.255 e. The van der Waals surface area contributed by atoms with Gasteiger partial charge in [0.25, 0.3) is 11.5 Å². The van der Waals surface area contributed by atoms with E-state index in [9.17, 15) is 9.59 Å². The van der Waals surface area contributed by atoms with E-state index in [0.717, 1.165) is 32.2 Å². The maximum Gasteiger partial charge on any atom is 0.255 e. The predicted molar refractivity (Wildman–Crippen MR) is 115 cm³/mol. The van der Waals surface area contributed by atoms with Crippen LogP contribution in [0.1, 0.15) is 57.5 Å². The number of thiazole rings is 1. The summed E-state index contributed by atoms with van der Waals surface area (Å²) >= 11 is 1.85. The second-order valence-electron chi connectivity index (χ2n) is 8.22. The molecule has 8 heteroatoms. The first-order valence-corrected chi connectivity index (χ1v) is 11.4. The number of hydrogen-bond acceptors (Lipinski definition) is 5. The number of amides is 1. The number of hydrogen-bond donors (Lipinski definition) is 0. The summed E-state index contributed by atoms with van der Waals surface area (Å²) in [5.74, 6) is 0.279. The Morgan fingerprint density at radius 2 is 2.03 bits per heavy atom. The maximum absolute atomic E-state index is 13.2. The molecule has 0 radical (unpaired) electrons. The van der Waals surface area contributed by atoms with Gasteiger partial charge in [-0.3, -0.25) is 18.8 Å². The Morgan fingerprint density at radius 1 is 1.17 bits per heavy atom. The molecule has 7 nitrogen and oxygen atoms in total. The Balaban J connectivity index is 1.37. The Bertz CT molecular complexity index is 1120. The number of aryl methyl sites for hydroxylation is 3. The molecule has 1 saturated heterocycles. The molecule has 4 heterocycles. The number of fused-ring (bicyclic) bond motifs is 1. The summed E-state index contributed by atoms with van der Waals surface area (Å²) in [6.07, 6.45) is 11.8. The van der Waals surface area contributed by atoms with Crippen molar-refractivity contribution in [1.29, 1.82) is 0 Å². The van der Waals surface area contributed by atoms with Gasteiger partial charge in [-0.2, -0.15) is 5.10 Å². The number of piperidine rings is 1. The number of rotatable bonds is 3. The molecule has 0 spiro atoms. The highest BCUT2D eigenvalue weighted by molar-refractivity contribution is 7.11. The third-order valence-electron chi connectivity index (χ3n) is 6.05. The minimum atomic E-state index is -0.176. The van der Waals surface area contributed by atoms with Crippen molar-refractivity contribution in [2.24, 2.45) is 7.05 Å². The highest BCUT2D eigenvalue weighted by Crippen LogP contribution is 2.35. The second kappa shape index (κ2) is 7.83. The topological polar surface area (TPSA) is 73.0 Å². The van der Waals surface area contributed by atoms with Gasteiger partial charge >= 0.3 is 0 Å². The molecule has 30 heavy (non-hydrogen) atoms. The van der Waals surface area contributed by atoms with Crippen LogP contribution in [0.25, 0.3) is 5.69 Å². The molecule has 0 saturated carbocycles. The second-order valence-corrected chi connectivity index (χ2v) is 9.33. The van der Waals surface area contributed by atoms with Gasteiger partial charge in [0.1, 0.15) is 0 Å². The van der Waals surface area contributed by atoms with E-state index in [-0.39, 0.29) is 11.5 Å². The molecular weight excluding hydrogens is 398 g/mol. The van der Waals surface area contributed by atoms with Gasteiger partial charge in [0.2, 0.25) is 0 Å². The highest BCUT2D eigenvalue weighted by Gasteiger charge is 2.29. The lowest BCUT2D eigenvalue weighted by atomic mass is 9.98. The first-order valence-electron chi connectivity index (χ1n) is 10.6. The van der Waals surface area contributed by atoms with Crippen molar-refractivity contribution in [3.63, 3.8) is 0 Å². The standard InChI is InChI=1S/C22H25N5O2S/c1-25-14-17(11-23-25)27-13-16(8-9-20(27)28)22(29)26-10-4-5-15(12-26)21-24-18-6-2-3-7-19(18)30-21/h8-9,11,13-15H,2-7,10,12H2,1H3. The van der Waals surface area contributed by atoms with Gasteiger partial charge in [-0.25, -0.2) is 4.98 Å². The number of carbonyl (C=O) groups is 1. The van der Waals surface area contributed by atoms with E-state index in [4.69, 9.17) is 4.98 Å². The number of pyridine rings is 1. The van der Waals surface area contributed by atoms with Crippen molar-refractivity contribution < 1.29 is 4.79 Å². The molecule has 5 rings (SSSR count). The monoisotopic (exact) mass is 423 g/mol. The zero-order chi connectivity index (χ0) is 20.7. The highest BCUT2D eigenvalue weighted by atomic mass is 32.1. The van der Waals surface area contributed by atoms with Crippen LogP contribution in [0.2, 0.25) is 0 Å². The zero-order valence-corrected chi connectivity index (χ0v) is 17.9. The molecule has 0 bridgehead atoms. The van der Waals surface area contributed by atoms with Gasteiger partial charge in [0.05, 0.1) is 28.1 Å². The Kier molecular flexibility index (Phi) is 5.02. The summed E-state index contributed by atoms with van der Waals surface area (Å²) in [5, 5.41) is 5.32. The minimum absolute atomic E-state index is 0.0290. The molecule has 3 aromatic heterocycles. The van der Waals surface area contributed by atoms with E-state index in [1.54, 1.807) is 36.4 Å². The van der Waals surface area contributed by atoms with Crippen molar-refractivity contribution in [3.05, 3.63) is 62.2 Å². The largest absolute Gasteiger partial charge is 0.338 e. The van der Waals surface area contributed by atoms with Gasteiger partial charge < -0.3 is 4.90 Å². The summed E-state index contributed by atoms with van der Waals surface area (Å²) in [6, 6.07) is 3.08. The fraction of sp³-hybridized carbons (Fsp3) is 0.455. The summed E-state index contributed by atoms with van der Waals surface area (Å²) in [6.45, 7) is 1.43. The average molecular weight is 424 g/mol. The lowest BCUT2D eigenvalue weighted by Gasteiger charge is -2.32. The van der Waals surface area contributed by atoms with Gasteiger partial charge in [0, 0.05) is 49.4 Å². The van der Waals surface area contributed by atoms with Gasteiger partial charge in [-0.05, 0) is 44.6 Å². The van der Waals surface area contributed by atoms with E-state index < -0.39 is 0 Å². The summed E-state index contributed by atoms with van der Waals surface area (Å²) in [4.78, 5) is 33.9. The van der Waals surface area contributed by atoms with Crippen LogP contribution < -0.4 is 5.56 Å². The predicted octanol–water partition coefficient (Wildman–Crippen LogP) is 2.93. The molecule has 1 atom stereocenters. The summed E-state index contributed by atoms with van der Waals surface area (Å²) < 4.78 is 3.12. The van der Waals surface area contributed by atoms with Crippen LogP contribution in [0.5, 0.6) is 0 Å². The Morgan fingerprint density at radius 3 is 2.83 bits per heavy atom. The Labute approximate surface area is 179 Å². The fourth-order valence-corrected chi connectivity index (χ4v) is 5.72. The fourth-order valence-electron chi connectivity index (χ4n) is 4.44. The molecule has 0 aromatic carbocycles. The molecule has 156 valence electrons. The third-order valence-corrected chi connectivity index (χ3v) is 7.37. The molecule has 3 aromatic rings. The van der Waals surface area contributed by atoms with Gasteiger partial charge in [-0.15, -0.1) is 11.3 Å². The molecule has 1 fully saturated rings. The van der Waals surface area contributed by atoms with E-state index in [1.165, 1.54) is 39.1 Å². The van der Waals surface area contributed by atoms with Crippen molar-refractivity contribution >= 4 is 17.2 Å². The Hall–Kier alpha value is -2.74. The minimum Gasteiger partial charge on any atom is -0.338 e. The molecule has 1 unspecified atom stereocenters. The van der Waals surface area contributed by atoms with E-state index in [0.29, 0.717) is 23.7 Å². The van der Waals surface area contributed by atoms with E-state index in [1.807, 2.05) is 16.2 Å². The first-order chi connectivity index (χ1) is 14.6. The van der Waals surface area contributed by atoms with Crippen molar-refractivity contribution in [1.82, 2.24) is 24.2 Å². The lowest BCUT2D eigenvalue weighted by Crippen LogP contribution is -2.39. The summed E-state index contributed by atoms with van der Waals surface area (Å²) in [5.41, 5.74) is 2.29. The van der Waals surface area contributed by atoms with Crippen LogP contribution in [0.3, 0.4) is 0 Å². The van der Waals surface area contributed by atoms with Crippen molar-refractivity contribution in [2.45, 2.75) is 44.4 Å². The van der Waals surface area contributed by atoms with Crippen LogP contribution in [0, 0.1) is 0 Å². The number of likely N-dealkylation sites (tertiary alicyclic amines) is 1. The number of aromatic nitrogens is 4. The van der Waals surface area contributed by atoms with Crippen molar-refractivity contribution in [2.75, 3.05) is 13.1 Å². The van der Waals surface area contributed by atoms with Gasteiger partial charge in [0.15, 0.2) is 0 Å². The van der Waals surface area contributed by atoms with Crippen LogP contribution in [-0.4, -0.2) is 43.2 Å². The quantitative estimate of drug-likeness (QED) is 0.649. The van der Waals surface area contributed by atoms with Crippen LogP contribution in [-0.2, 0) is 19.9 Å². The number of nitrogens with zero attached hydrogens (tertiary/aromatic N) is 5. The SMILES string of the molecule is Cn1cc(-n2cc(C(=O)N3CCCC(c4nc5c(s4)CCCC5)C3)ccc2=O)cn1. The third kappa shape index (κ3) is 3.60. The van der Waals surface area contributed by atoms with Crippen molar-refractivity contribution in [3.8, 4) is 5.69 Å². The number of carbonyl (C=O) groups excluding carboxylic acids is 1. The average Bonchev–Trinajstić information content (AvgIpc) is 3.40. The molecular formula is C22H25N5O2S. The molecule has 1 aliphatic heterocycles. The molecule has 2 aliphatic rings. The van der Waals surface area contributed by atoms with Crippen LogP contribution >= 0.6 is 11.3 Å². The van der Waals surface area contributed by atoms with E-state index >= 15 is 0 Å². The summed E-state index contributed by atoms with van der Waals surface area (Å²) in [7, 11) is 1.80. The first kappa shape index (κ1) is 19.2. The van der Waals surface area contributed by atoms with Crippen LogP contribution in [0.15, 0.2) is 35.5 Å². The molecule has 1 aliphatic carbocycles. The lowest BCUT2D eigenvalue weighted by molar-refractivity contribution is 0.0706. The zero-order valence-electron chi connectivity index (χ0n) is 17.1.